The molecule has 9 heteroatoms. The highest BCUT2D eigenvalue weighted by Gasteiger charge is 2.19. The Morgan fingerprint density at radius 1 is 1.23 bits per heavy atom. The lowest BCUT2D eigenvalue weighted by Gasteiger charge is -2.15. The van der Waals surface area contributed by atoms with E-state index < -0.39 is 30.4 Å². The normalized spacial score (nSPS) is 11.6. The Balaban J connectivity index is 1.85. The molecule has 0 aromatic heterocycles. The van der Waals surface area contributed by atoms with E-state index >= 15 is 0 Å². The molecule has 2 aromatic carbocycles. The molecule has 0 unspecified atom stereocenters. The van der Waals surface area contributed by atoms with Crippen molar-refractivity contribution in [3.05, 3.63) is 56.7 Å². The molecule has 1 atom stereocenters. The molecular formula is C17H13BrCl2FNO4. The molecule has 26 heavy (non-hydrogen) atoms. The molecule has 0 bridgehead atoms. The highest BCUT2D eigenvalue weighted by Crippen LogP contribution is 2.28. The first kappa shape index (κ1) is 20.5. The van der Waals surface area contributed by atoms with E-state index in [-0.39, 0.29) is 16.5 Å². The second-order valence-electron chi connectivity index (χ2n) is 5.11. The number of ether oxygens (including phenoxy) is 2. The van der Waals surface area contributed by atoms with E-state index in [0.29, 0.717) is 9.50 Å². The van der Waals surface area contributed by atoms with Gasteiger partial charge in [0.1, 0.15) is 11.6 Å². The maximum Gasteiger partial charge on any atom is 0.347 e. The zero-order chi connectivity index (χ0) is 19.3. The largest absolute Gasteiger partial charge is 0.477 e. The first-order valence-corrected chi connectivity index (χ1v) is 8.84. The molecule has 2 aromatic rings. The van der Waals surface area contributed by atoms with Crippen LogP contribution in [0.2, 0.25) is 10.0 Å². The molecule has 0 fully saturated rings. The molecule has 5 nitrogen and oxygen atoms in total. The SMILES string of the molecule is C[C@H](Oc1ccc(Cl)cc1Cl)C(=O)OCC(=O)Nc1ccc(Br)cc1F. The van der Waals surface area contributed by atoms with Crippen molar-refractivity contribution in [2.75, 3.05) is 11.9 Å². The summed E-state index contributed by atoms with van der Waals surface area (Å²) in [6.45, 7) is 0.857. The van der Waals surface area contributed by atoms with E-state index in [2.05, 4.69) is 21.2 Å². The van der Waals surface area contributed by atoms with Crippen LogP contribution in [0.4, 0.5) is 10.1 Å². The third-order valence-corrected chi connectivity index (χ3v) is 4.10. The Hall–Kier alpha value is -1.83. The number of hydrogen-bond acceptors (Lipinski definition) is 4. The van der Waals surface area contributed by atoms with E-state index in [0.717, 1.165) is 0 Å². The van der Waals surface area contributed by atoms with Crippen LogP contribution in [0.25, 0.3) is 0 Å². The zero-order valence-electron chi connectivity index (χ0n) is 13.4. The minimum atomic E-state index is -1.01. The fourth-order valence-electron chi connectivity index (χ4n) is 1.84. The summed E-state index contributed by atoms with van der Waals surface area (Å²) >= 11 is 14.9. The van der Waals surface area contributed by atoms with Crippen LogP contribution in [-0.2, 0) is 14.3 Å². The fraction of sp³-hybridized carbons (Fsp3) is 0.176. The van der Waals surface area contributed by atoms with Gasteiger partial charge < -0.3 is 14.8 Å². The highest BCUT2D eigenvalue weighted by molar-refractivity contribution is 9.10. The van der Waals surface area contributed by atoms with Crippen LogP contribution in [0, 0.1) is 5.82 Å². The molecule has 1 N–H and O–H groups in total. The third-order valence-electron chi connectivity index (χ3n) is 3.08. The molecule has 2 rings (SSSR count). The number of carbonyl (C=O) groups excluding carboxylic acids is 2. The van der Waals surface area contributed by atoms with E-state index in [4.69, 9.17) is 32.7 Å². The van der Waals surface area contributed by atoms with E-state index in [1.165, 1.54) is 31.2 Å². The van der Waals surface area contributed by atoms with Crippen molar-refractivity contribution in [2.45, 2.75) is 13.0 Å². The molecule has 0 saturated carbocycles. The van der Waals surface area contributed by atoms with Gasteiger partial charge in [0.05, 0.1) is 10.7 Å². The molecule has 0 radical (unpaired) electrons. The first-order valence-electron chi connectivity index (χ1n) is 7.29. The Labute approximate surface area is 167 Å². The smallest absolute Gasteiger partial charge is 0.347 e. The van der Waals surface area contributed by atoms with Crippen molar-refractivity contribution >= 4 is 56.7 Å². The van der Waals surface area contributed by atoms with Gasteiger partial charge in [-0.3, -0.25) is 4.79 Å². The second kappa shape index (κ2) is 9.21. The first-order chi connectivity index (χ1) is 12.3. The van der Waals surface area contributed by atoms with Gasteiger partial charge in [-0.05, 0) is 43.3 Å². The summed E-state index contributed by atoms with van der Waals surface area (Å²) in [6, 6.07) is 8.69. The van der Waals surface area contributed by atoms with Crippen LogP contribution in [0.1, 0.15) is 6.92 Å². The molecular weight excluding hydrogens is 452 g/mol. The number of anilines is 1. The number of carbonyl (C=O) groups is 2. The molecule has 0 saturated heterocycles. The summed E-state index contributed by atoms with van der Waals surface area (Å²) in [5.74, 6) is -1.83. The maximum atomic E-state index is 13.7. The van der Waals surface area contributed by atoms with E-state index in [1.807, 2.05) is 0 Å². The number of esters is 1. The Morgan fingerprint density at radius 2 is 1.96 bits per heavy atom. The van der Waals surface area contributed by atoms with Gasteiger partial charge in [0.15, 0.2) is 12.7 Å². The van der Waals surface area contributed by atoms with Crippen LogP contribution in [0.15, 0.2) is 40.9 Å². The number of halogens is 4. The lowest BCUT2D eigenvalue weighted by molar-refractivity contribution is -0.153. The average molecular weight is 465 g/mol. The lowest BCUT2D eigenvalue weighted by Crippen LogP contribution is -2.30. The number of amides is 1. The van der Waals surface area contributed by atoms with Crippen molar-refractivity contribution in [1.82, 2.24) is 0 Å². The van der Waals surface area contributed by atoms with Crippen molar-refractivity contribution in [2.24, 2.45) is 0 Å². The van der Waals surface area contributed by atoms with Crippen molar-refractivity contribution in [3.8, 4) is 5.75 Å². The van der Waals surface area contributed by atoms with Crippen molar-refractivity contribution in [3.63, 3.8) is 0 Å². The van der Waals surface area contributed by atoms with Crippen LogP contribution < -0.4 is 10.1 Å². The third kappa shape index (κ3) is 5.86. The molecule has 0 heterocycles. The van der Waals surface area contributed by atoms with E-state index in [1.54, 1.807) is 12.1 Å². The monoisotopic (exact) mass is 463 g/mol. The highest BCUT2D eigenvalue weighted by atomic mass is 79.9. The van der Waals surface area contributed by atoms with Gasteiger partial charge in [-0.1, -0.05) is 39.1 Å². The van der Waals surface area contributed by atoms with Crippen molar-refractivity contribution in [1.29, 1.82) is 0 Å². The Kier molecular flexibility index (Phi) is 7.25. The predicted molar refractivity (Wildman–Crippen MR) is 100 cm³/mol. The number of benzene rings is 2. The lowest BCUT2D eigenvalue weighted by atomic mass is 10.3. The van der Waals surface area contributed by atoms with Gasteiger partial charge in [-0.25, -0.2) is 9.18 Å². The van der Waals surface area contributed by atoms with Crippen LogP contribution >= 0.6 is 39.1 Å². The minimum absolute atomic E-state index is 0.0218. The summed E-state index contributed by atoms with van der Waals surface area (Å²) in [4.78, 5) is 23.7. The van der Waals surface area contributed by atoms with Gasteiger partial charge in [-0.2, -0.15) is 0 Å². The quantitative estimate of drug-likeness (QED) is 0.621. The number of nitrogens with one attached hydrogen (secondary N) is 1. The van der Waals surface area contributed by atoms with Crippen molar-refractivity contribution < 1.29 is 23.5 Å². The standard InChI is InChI=1S/C17H13BrCl2FNO4/c1-9(26-15-5-3-11(19)7-12(15)20)17(24)25-8-16(23)22-14-4-2-10(18)6-13(14)21/h2-7,9H,8H2,1H3,(H,22,23)/t9-/m0/s1. The number of rotatable bonds is 6. The fourth-order valence-corrected chi connectivity index (χ4v) is 2.63. The second-order valence-corrected chi connectivity index (χ2v) is 6.87. The Morgan fingerprint density at radius 3 is 2.62 bits per heavy atom. The maximum absolute atomic E-state index is 13.7. The zero-order valence-corrected chi connectivity index (χ0v) is 16.5. The van der Waals surface area contributed by atoms with Gasteiger partial charge in [-0.15, -0.1) is 0 Å². The summed E-state index contributed by atoms with van der Waals surface area (Å²) in [6.07, 6.45) is -1.01. The molecule has 0 aliphatic rings. The van der Waals surface area contributed by atoms with Gasteiger partial charge in [0.25, 0.3) is 5.91 Å². The van der Waals surface area contributed by atoms with Crippen LogP contribution in [0.5, 0.6) is 5.75 Å². The molecule has 0 spiro atoms. The predicted octanol–water partition coefficient (Wildman–Crippen LogP) is 4.84. The van der Waals surface area contributed by atoms with Crippen LogP contribution in [0.3, 0.4) is 0 Å². The topological polar surface area (TPSA) is 64.6 Å². The summed E-state index contributed by atoms with van der Waals surface area (Å²) in [5, 5.41) is 2.97. The summed E-state index contributed by atoms with van der Waals surface area (Å²) in [7, 11) is 0. The molecule has 1 amide bonds. The van der Waals surface area contributed by atoms with Gasteiger partial charge >= 0.3 is 5.97 Å². The average Bonchev–Trinajstić information content (AvgIpc) is 2.57. The summed E-state index contributed by atoms with van der Waals surface area (Å²) < 4.78 is 24.4. The Bertz CT molecular complexity index is 834. The minimum Gasteiger partial charge on any atom is -0.477 e. The van der Waals surface area contributed by atoms with E-state index in [9.17, 15) is 14.0 Å². The summed E-state index contributed by atoms with van der Waals surface area (Å²) in [5.41, 5.74) is -0.0218. The molecule has 0 aliphatic heterocycles. The molecule has 0 aliphatic carbocycles. The van der Waals surface area contributed by atoms with Gasteiger partial charge in [0, 0.05) is 9.50 Å². The number of hydrogen-bond donors (Lipinski definition) is 1. The van der Waals surface area contributed by atoms with Crippen LogP contribution in [-0.4, -0.2) is 24.6 Å². The molecule has 138 valence electrons. The van der Waals surface area contributed by atoms with Gasteiger partial charge in [0.2, 0.25) is 0 Å².